The molecule has 1 fully saturated rings. The van der Waals surface area contributed by atoms with E-state index in [4.69, 9.17) is 5.73 Å². The largest absolute Gasteiger partial charge is 0.356 e. The summed E-state index contributed by atoms with van der Waals surface area (Å²) < 4.78 is 0.225. The van der Waals surface area contributed by atoms with Crippen molar-refractivity contribution < 1.29 is 0 Å². The Hall–Kier alpha value is -0.580. The molecule has 118 valence electrons. The molecule has 1 saturated heterocycles. The fraction of sp³-hybridized carbons (Fsp3) is 0.556. The van der Waals surface area contributed by atoms with Gasteiger partial charge in [0.15, 0.2) is 0 Å². The summed E-state index contributed by atoms with van der Waals surface area (Å²) in [4.78, 5) is 3.73. The van der Waals surface area contributed by atoms with Crippen LogP contribution in [0.3, 0.4) is 0 Å². The normalized spacial score (nSPS) is 31.0. The van der Waals surface area contributed by atoms with E-state index in [1.54, 1.807) is 0 Å². The lowest BCUT2D eigenvalue weighted by Gasteiger charge is -2.35. The van der Waals surface area contributed by atoms with Crippen molar-refractivity contribution in [1.82, 2.24) is 4.98 Å². The highest BCUT2D eigenvalue weighted by Crippen LogP contribution is 2.62. The lowest BCUT2D eigenvalue weighted by atomic mass is 9.90. The maximum atomic E-state index is 6.48. The summed E-state index contributed by atoms with van der Waals surface area (Å²) in [6.07, 6.45) is 6.32. The number of hydrogen-bond donors (Lipinski definition) is 2. The zero-order valence-electron chi connectivity index (χ0n) is 13.1. The van der Waals surface area contributed by atoms with Crippen molar-refractivity contribution in [3.05, 3.63) is 35.5 Å². The first kappa shape index (κ1) is 15.0. The summed E-state index contributed by atoms with van der Waals surface area (Å²) in [5, 5.41) is 2.14. The Morgan fingerprint density at radius 1 is 1.36 bits per heavy atom. The number of aromatic nitrogens is 1. The Bertz CT molecular complexity index is 681. The third-order valence-corrected chi connectivity index (χ3v) is 8.84. The van der Waals surface area contributed by atoms with E-state index in [1.165, 1.54) is 53.6 Å². The van der Waals surface area contributed by atoms with Crippen LogP contribution < -0.4 is 5.73 Å². The van der Waals surface area contributed by atoms with Crippen molar-refractivity contribution >= 4 is 34.4 Å². The fourth-order valence-corrected chi connectivity index (χ4v) is 7.75. The minimum atomic E-state index is 0.188. The number of fused-ring (bicyclic) bond motifs is 4. The third-order valence-electron chi connectivity index (χ3n) is 5.02. The number of aromatic amines is 1. The summed E-state index contributed by atoms with van der Waals surface area (Å²) in [5.74, 6) is 1.29. The van der Waals surface area contributed by atoms with Crippen LogP contribution in [0.4, 0.5) is 0 Å². The molecule has 0 bridgehead atoms. The number of para-hydroxylation sites is 1. The fourth-order valence-electron chi connectivity index (χ4n) is 3.87. The molecule has 1 spiro atoms. The van der Waals surface area contributed by atoms with Crippen LogP contribution in [0.15, 0.2) is 24.3 Å². The molecule has 3 atom stereocenters. The Morgan fingerprint density at radius 2 is 2.23 bits per heavy atom. The number of thioether (sulfide) groups is 2. The highest BCUT2D eigenvalue weighted by Gasteiger charge is 2.47. The van der Waals surface area contributed by atoms with Gasteiger partial charge in [-0.3, -0.25) is 0 Å². The molecule has 3 unspecified atom stereocenters. The van der Waals surface area contributed by atoms with E-state index in [2.05, 4.69) is 59.7 Å². The van der Waals surface area contributed by atoms with Crippen molar-refractivity contribution in [1.29, 1.82) is 0 Å². The van der Waals surface area contributed by atoms with Crippen molar-refractivity contribution in [2.75, 3.05) is 5.75 Å². The van der Waals surface area contributed by atoms with E-state index < -0.39 is 0 Å². The second-order valence-corrected chi connectivity index (χ2v) is 9.73. The summed E-state index contributed by atoms with van der Waals surface area (Å²) in [6, 6.07) is 8.84. The number of unbranched alkanes of at least 4 members (excludes halogenated alkanes) is 1. The Kier molecular flexibility index (Phi) is 3.95. The van der Waals surface area contributed by atoms with Crippen molar-refractivity contribution in [2.45, 2.75) is 54.4 Å². The minimum absolute atomic E-state index is 0.188. The molecule has 1 aromatic heterocycles. The zero-order valence-corrected chi connectivity index (χ0v) is 14.7. The van der Waals surface area contributed by atoms with Gasteiger partial charge in [-0.05, 0) is 30.9 Å². The molecule has 1 aliphatic carbocycles. The molecule has 2 aromatic rings. The molecule has 22 heavy (non-hydrogen) atoms. The van der Waals surface area contributed by atoms with Gasteiger partial charge in [0, 0.05) is 33.6 Å². The molecule has 4 rings (SSSR count). The average molecular weight is 333 g/mol. The number of benzene rings is 1. The van der Waals surface area contributed by atoms with Crippen LogP contribution >= 0.6 is 23.5 Å². The van der Waals surface area contributed by atoms with Gasteiger partial charge in [-0.25, -0.2) is 0 Å². The van der Waals surface area contributed by atoms with Crippen LogP contribution in [-0.2, 0) is 4.08 Å². The van der Waals surface area contributed by atoms with Gasteiger partial charge in [0.2, 0.25) is 0 Å². The van der Waals surface area contributed by atoms with Crippen LogP contribution in [-0.4, -0.2) is 16.0 Å². The van der Waals surface area contributed by atoms with Gasteiger partial charge in [-0.1, -0.05) is 38.0 Å². The molecule has 1 aliphatic heterocycles. The molecular formula is C18H24N2S2. The molecule has 0 saturated carbocycles. The molecule has 0 amide bonds. The van der Waals surface area contributed by atoms with Crippen molar-refractivity contribution in [3.63, 3.8) is 0 Å². The van der Waals surface area contributed by atoms with Crippen LogP contribution in [0.5, 0.6) is 0 Å². The van der Waals surface area contributed by atoms with Crippen LogP contribution in [0.1, 0.15) is 56.3 Å². The maximum absolute atomic E-state index is 6.48. The summed E-state index contributed by atoms with van der Waals surface area (Å²) in [7, 11) is 0. The number of rotatable bonds is 3. The predicted molar refractivity (Wildman–Crippen MR) is 99.5 cm³/mol. The maximum Gasteiger partial charge on any atom is 0.102 e. The molecular weight excluding hydrogens is 308 g/mol. The number of nitrogens with one attached hydrogen (secondary N) is 1. The molecule has 3 N–H and O–H groups in total. The average Bonchev–Trinajstić information content (AvgIpc) is 3.12. The first-order valence-electron chi connectivity index (χ1n) is 8.42. The van der Waals surface area contributed by atoms with E-state index in [9.17, 15) is 0 Å². The lowest BCUT2D eigenvalue weighted by molar-refractivity contribution is 0.543. The van der Waals surface area contributed by atoms with Gasteiger partial charge in [0.05, 0.1) is 0 Å². The van der Waals surface area contributed by atoms with E-state index in [0.29, 0.717) is 0 Å². The highest BCUT2D eigenvalue weighted by molar-refractivity contribution is 8.21. The van der Waals surface area contributed by atoms with Crippen molar-refractivity contribution in [2.24, 2.45) is 5.73 Å². The summed E-state index contributed by atoms with van der Waals surface area (Å²) in [5.41, 5.74) is 10.5. The van der Waals surface area contributed by atoms with Gasteiger partial charge in [-0.2, -0.15) is 0 Å². The number of nitrogens with two attached hydrogens (primary N) is 1. The first-order valence-corrected chi connectivity index (χ1v) is 10.3. The molecule has 1 aromatic carbocycles. The monoisotopic (exact) mass is 332 g/mol. The Balaban J connectivity index is 1.74. The Morgan fingerprint density at radius 3 is 3.09 bits per heavy atom. The standard InChI is InChI=1S/C18H24N2S2/c1-2-3-6-12-11-21-18(22-12)10-9-14(19)16-13-7-4-5-8-15(13)20-17(16)18/h4-5,7-8,12,14,20H,2-3,6,9-11,19H2,1H3. The van der Waals surface area contributed by atoms with Gasteiger partial charge >= 0.3 is 0 Å². The topological polar surface area (TPSA) is 41.8 Å². The molecule has 2 aliphatic rings. The summed E-state index contributed by atoms with van der Waals surface area (Å²) in [6.45, 7) is 2.29. The number of H-pyrrole nitrogens is 1. The van der Waals surface area contributed by atoms with Crippen LogP contribution in [0, 0.1) is 0 Å². The molecule has 2 heterocycles. The molecule has 0 radical (unpaired) electrons. The Labute approximate surface area is 141 Å². The van der Waals surface area contributed by atoms with E-state index in [0.717, 1.165) is 11.7 Å². The SMILES string of the molecule is CCCCC1CSC2(CCC(N)c3c2[nH]c2ccccc32)S1. The minimum Gasteiger partial charge on any atom is -0.356 e. The smallest absolute Gasteiger partial charge is 0.102 e. The quantitative estimate of drug-likeness (QED) is 0.816. The van der Waals surface area contributed by atoms with Gasteiger partial charge in [0.25, 0.3) is 0 Å². The predicted octanol–water partition coefficient (Wildman–Crippen LogP) is 5.15. The van der Waals surface area contributed by atoms with E-state index in [-0.39, 0.29) is 10.1 Å². The number of hydrogen-bond acceptors (Lipinski definition) is 3. The van der Waals surface area contributed by atoms with Gasteiger partial charge in [0.1, 0.15) is 4.08 Å². The summed E-state index contributed by atoms with van der Waals surface area (Å²) >= 11 is 4.37. The van der Waals surface area contributed by atoms with Gasteiger partial charge in [-0.15, -0.1) is 23.5 Å². The second kappa shape index (κ2) is 5.81. The van der Waals surface area contributed by atoms with Crippen LogP contribution in [0.25, 0.3) is 10.9 Å². The zero-order chi connectivity index (χ0) is 15.2. The lowest BCUT2D eigenvalue weighted by Crippen LogP contribution is -2.28. The molecule has 2 nitrogen and oxygen atoms in total. The van der Waals surface area contributed by atoms with Gasteiger partial charge < -0.3 is 10.7 Å². The van der Waals surface area contributed by atoms with E-state index >= 15 is 0 Å². The van der Waals surface area contributed by atoms with Crippen molar-refractivity contribution in [3.8, 4) is 0 Å². The third kappa shape index (κ3) is 2.31. The van der Waals surface area contributed by atoms with Crippen LogP contribution in [0.2, 0.25) is 0 Å². The highest BCUT2D eigenvalue weighted by atomic mass is 32.2. The van der Waals surface area contributed by atoms with E-state index in [1.807, 2.05) is 0 Å². The first-order chi connectivity index (χ1) is 10.7. The second-order valence-electron chi connectivity index (χ2n) is 6.55. The molecule has 4 heteroatoms.